The first-order chi connectivity index (χ1) is 22.9. The summed E-state index contributed by atoms with van der Waals surface area (Å²) in [7, 11) is 0. The highest BCUT2D eigenvalue weighted by atomic mass is 16.5. The molecule has 11 nitrogen and oxygen atoms in total. The number of benzene rings is 2. The van der Waals surface area contributed by atoms with Gasteiger partial charge in [-0.1, -0.05) is 19.1 Å². The number of pyridine rings is 2. The van der Waals surface area contributed by atoms with Gasteiger partial charge in [0.05, 0.1) is 71.4 Å². The monoisotopic (exact) mass is 630 g/mol. The number of ether oxygens (including phenoxy) is 2. The van der Waals surface area contributed by atoms with Crippen molar-refractivity contribution in [3.8, 4) is 11.8 Å². The number of carbonyl (C=O) groups excluding carboxylic acids is 1. The molecule has 47 heavy (non-hydrogen) atoms. The summed E-state index contributed by atoms with van der Waals surface area (Å²) in [6.45, 7) is 9.90. The third-order valence-electron chi connectivity index (χ3n) is 8.07. The molecular formula is C36H38N8O3. The van der Waals surface area contributed by atoms with Crippen molar-refractivity contribution in [1.82, 2.24) is 24.6 Å². The van der Waals surface area contributed by atoms with E-state index in [1.165, 1.54) is 0 Å². The summed E-state index contributed by atoms with van der Waals surface area (Å²) in [6.07, 6.45) is 7.75. The fourth-order valence-electron chi connectivity index (χ4n) is 5.84. The van der Waals surface area contributed by atoms with Crippen molar-refractivity contribution in [2.24, 2.45) is 0 Å². The zero-order valence-electron chi connectivity index (χ0n) is 26.9. The molecule has 6 rings (SSSR count). The molecule has 0 unspecified atom stereocenters. The number of hydrogen-bond donors (Lipinski definition) is 2. The van der Waals surface area contributed by atoms with Gasteiger partial charge in [-0.25, -0.2) is 0 Å². The Kier molecular flexibility index (Phi) is 9.71. The van der Waals surface area contributed by atoms with Crippen LogP contribution < -0.4 is 15.4 Å². The quantitative estimate of drug-likeness (QED) is 0.173. The lowest BCUT2D eigenvalue weighted by Crippen LogP contribution is -2.41. The van der Waals surface area contributed by atoms with Crippen LogP contribution in [0.1, 0.15) is 37.7 Å². The molecule has 1 aliphatic rings. The molecule has 0 aliphatic carbocycles. The van der Waals surface area contributed by atoms with Gasteiger partial charge in [0.15, 0.2) is 0 Å². The van der Waals surface area contributed by atoms with E-state index in [4.69, 9.17) is 14.5 Å². The van der Waals surface area contributed by atoms with Crippen molar-refractivity contribution in [1.29, 1.82) is 5.26 Å². The normalized spacial score (nSPS) is 15.2. The Morgan fingerprint density at radius 3 is 2.87 bits per heavy atom. The van der Waals surface area contributed by atoms with Gasteiger partial charge < -0.3 is 20.1 Å². The highest BCUT2D eigenvalue weighted by Crippen LogP contribution is 2.38. The van der Waals surface area contributed by atoms with Gasteiger partial charge in [0.2, 0.25) is 5.91 Å². The SMILES string of the molecule is CCOc1cc2nc(CC)c(C#N)c(Nc3ccc4c(cnn4Cc4ccccn4)c3)c2cc1NC(=O)/C=C/CN1CCO[C@@H](C)C1. The molecule has 2 N–H and O–H groups in total. The molecule has 0 bridgehead atoms. The van der Waals surface area contributed by atoms with Gasteiger partial charge >= 0.3 is 0 Å². The van der Waals surface area contributed by atoms with Gasteiger partial charge in [-0.2, -0.15) is 10.4 Å². The van der Waals surface area contributed by atoms with Gasteiger partial charge in [-0.3, -0.25) is 24.3 Å². The summed E-state index contributed by atoms with van der Waals surface area (Å²) in [5.74, 6) is 0.239. The highest BCUT2D eigenvalue weighted by Gasteiger charge is 2.19. The van der Waals surface area contributed by atoms with Crippen LogP contribution in [0.2, 0.25) is 0 Å². The van der Waals surface area contributed by atoms with E-state index in [-0.39, 0.29) is 12.0 Å². The third-order valence-corrected chi connectivity index (χ3v) is 8.07. The second kappa shape index (κ2) is 14.4. The molecule has 5 aromatic rings. The minimum absolute atomic E-state index is 0.178. The average molecular weight is 631 g/mol. The van der Waals surface area contributed by atoms with Crippen LogP contribution >= 0.6 is 0 Å². The second-order valence-corrected chi connectivity index (χ2v) is 11.4. The summed E-state index contributed by atoms with van der Waals surface area (Å²) in [5, 5.41) is 23.0. The smallest absolute Gasteiger partial charge is 0.248 e. The maximum atomic E-state index is 13.1. The van der Waals surface area contributed by atoms with Crippen molar-refractivity contribution in [2.45, 2.75) is 39.8 Å². The molecular weight excluding hydrogens is 592 g/mol. The molecule has 0 saturated carbocycles. The fraction of sp³-hybridized carbons (Fsp3) is 0.306. The van der Waals surface area contributed by atoms with Crippen LogP contribution in [-0.2, 0) is 22.5 Å². The molecule has 0 spiro atoms. The van der Waals surface area contributed by atoms with Gasteiger partial charge in [0.25, 0.3) is 0 Å². The molecule has 1 saturated heterocycles. The van der Waals surface area contributed by atoms with E-state index >= 15 is 0 Å². The Morgan fingerprint density at radius 1 is 1.21 bits per heavy atom. The number of rotatable bonds is 11. The van der Waals surface area contributed by atoms with Crippen molar-refractivity contribution in [2.75, 3.05) is 43.5 Å². The van der Waals surface area contributed by atoms with E-state index in [2.05, 4.69) is 31.7 Å². The number of carbonyl (C=O) groups is 1. The number of aryl methyl sites for hydroxylation is 1. The number of nitriles is 1. The van der Waals surface area contributed by atoms with Crippen LogP contribution in [0.15, 0.2) is 73.1 Å². The summed E-state index contributed by atoms with van der Waals surface area (Å²) < 4.78 is 13.5. The van der Waals surface area contributed by atoms with E-state index in [0.717, 1.165) is 35.4 Å². The Bertz CT molecular complexity index is 1960. The molecule has 3 aromatic heterocycles. The lowest BCUT2D eigenvalue weighted by atomic mass is 10.0. The maximum absolute atomic E-state index is 13.1. The lowest BCUT2D eigenvalue weighted by Gasteiger charge is -2.30. The highest BCUT2D eigenvalue weighted by molar-refractivity contribution is 6.05. The van der Waals surface area contributed by atoms with Gasteiger partial charge in [-0.05, 0) is 56.7 Å². The van der Waals surface area contributed by atoms with Crippen molar-refractivity contribution in [3.63, 3.8) is 0 Å². The molecule has 4 heterocycles. The standard InChI is InChI=1S/C36H38N8O3/c1-4-30-29(20-37)36(40-26-11-12-33-25(17-26)21-39-44(33)23-27-9-6-7-13-38-27)28-18-32(34(46-5-2)19-31(28)41-30)42-35(45)10-8-14-43-15-16-47-24(3)22-43/h6-13,17-19,21,24H,4-5,14-16,22-23H2,1-3H3,(H,40,41)(H,42,45)/b10-8+/t24-/m0/s1. The van der Waals surface area contributed by atoms with Gasteiger partial charge in [0, 0.05) is 54.4 Å². The van der Waals surface area contributed by atoms with Crippen LogP contribution in [0, 0.1) is 11.3 Å². The van der Waals surface area contributed by atoms with E-state index in [1.807, 2.05) is 86.3 Å². The maximum Gasteiger partial charge on any atom is 0.248 e. The fourth-order valence-corrected chi connectivity index (χ4v) is 5.84. The zero-order chi connectivity index (χ0) is 32.8. The van der Waals surface area contributed by atoms with Crippen molar-refractivity contribution in [3.05, 3.63) is 90.0 Å². The third kappa shape index (κ3) is 7.25. The van der Waals surface area contributed by atoms with Crippen molar-refractivity contribution >= 4 is 44.8 Å². The zero-order valence-corrected chi connectivity index (χ0v) is 26.9. The van der Waals surface area contributed by atoms with E-state index in [1.54, 1.807) is 12.3 Å². The number of anilines is 3. The minimum atomic E-state index is -0.270. The largest absolute Gasteiger partial charge is 0.492 e. The Hall–Kier alpha value is -5.31. The second-order valence-electron chi connectivity index (χ2n) is 11.4. The Balaban J connectivity index is 1.32. The molecule has 1 aliphatic heterocycles. The molecule has 11 heteroatoms. The molecule has 240 valence electrons. The lowest BCUT2D eigenvalue weighted by molar-refractivity contribution is -0.111. The van der Waals surface area contributed by atoms with Crippen LogP contribution in [0.4, 0.5) is 17.1 Å². The number of amides is 1. The van der Waals surface area contributed by atoms with Crippen molar-refractivity contribution < 1.29 is 14.3 Å². The first kappa shape index (κ1) is 31.7. The topological polar surface area (TPSA) is 130 Å². The minimum Gasteiger partial charge on any atom is -0.492 e. The summed E-state index contributed by atoms with van der Waals surface area (Å²) in [5.41, 5.74) is 5.58. The number of aromatic nitrogens is 4. The first-order valence-corrected chi connectivity index (χ1v) is 15.9. The predicted octanol–water partition coefficient (Wildman–Crippen LogP) is 5.82. The van der Waals surface area contributed by atoms with Crippen LogP contribution in [0.3, 0.4) is 0 Å². The van der Waals surface area contributed by atoms with Crippen LogP contribution in [-0.4, -0.2) is 69.5 Å². The Morgan fingerprint density at radius 2 is 2.11 bits per heavy atom. The molecule has 1 atom stereocenters. The molecule has 1 amide bonds. The first-order valence-electron chi connectivity index (χ1n) is 15.9. The van der Waals surface area contributed by atoms with Crippen LogP contribution in [0.5, 0.6) is 5.75 Å². The van der Waals surface area contributed by atoms with Gasteiger partial charge in [0.1, 0.15) is 11.8 Å². The van der Waals surface area contributed by atoms with E-state index in [9.17, 15) is 10.1 Å². The molecule has 2 aromatic carbocycles. The van der Waals surface area contributed by atoms with E-state index < -0.39 is 0 Å². The number of fused-ring (bicyclic) bond motifs is 2. The molecule has 0 radical (unpaired) electrons. The number of hydrogen-bond acceptors (Lipinski definition) is 9. The summed E-state index contributed by atoms with van der Waals surface area (Å²) in [6, 6.07) is 17.8. The summed E-state index contributed by atoms with van der Waals surface area (Å²) >= 11 is 0. The Labute approximate surface area is 273 Å². The number of nitrogens with zero attached hydrogens (tertiary/aromatic N) is 6. The van der Waals surface area contributed by atoms with E-state index in [0.29, 0.717) is 72.0 Å². The van der Waals surface area contributed by atoms with Crippen LogP contribution in [0.25, 0.3) is 21.8 Å². The summed E-state index contributed by atoms with van der Waals surface area (Å²) in [4.78, 5) is 24.6. The number of morpholine rings is 1. The number of nitrogens with one attached hydrogen (secondary N) is 2. The predicted molar refractivity (Wildman–Crippen MR) is 183 cm³/mol. The van der Waals surface area contributed by atoms with Gasteiger partial charge in [-0.15, -0.1) is 0 Å². The average Bonchev–Trinajstić information content (AvgIpc) is 3.47. The molecule has 1 fully saturated rings.